The third-order valence-electron chi connectivity index (χ3n) is 2.13. The Morgan fingerprint density at radius 1 is 1.58 bits per heavy atom. The number of rotatable bonds is 4. The predicted octanol–water partition coefficient (Wildman–Crippen LogP) is -0.470. The Hall–Kier alpha value is -0.810. The van der Waals surface area contributed by atoms with Crippen LogP contribution in [0.3, 0.4) is 0 Å². The van der Waals surface area contributed by atoms with Crippen LogP contribution in [0.2, 0.25) is 0 Å². The van der Waals surface area contributed by atoms with Gasteiger partial charge in [-0.2, -0.15) is 0 Å². The normalized spacial score (nSPS) is 21.5. The zero-order valence-electron chi connectivity index (χ0n) is 6.66. The summed E-state index contributed by atoms with van der Waals surface area (Å²) >= 11 is 0. The van der Waals surface area contributed by atoms with Gasteiger partial charge < -0.3 is 20.6 Å². The highest BCUT2D eigenvalue weighted by atomic mass is 16.4. The minimum absolute atomic E-state index is 0.118. The zero-order valence-corrected chi connectivity index (χ0v) is 6.66. The molecule has 0 aromatic rings. The van der Waals surface area contributed by atoms with Crippen molar-refractivity contribution in [3.05, 3.63) is 0 Å². The van der Waals surface area contributed by atoms with E-state index in [0.29, 0.717) is 12.8 Å². The van der Waals surface area contributed by atoms with Crippen molar-refractivity contribution in [2.45, 2.75) is 30.9 Å². The van der Waals surface area contributed by atoms with Crippen molar-refractivity contribution in [2.75, 3.05) is 6.61 Å². The Labute approximate surface area is 70.0 Å². The fourth-order valence-electron chi connectivity index (χ4n) is 1.23. The van der Waals surface area contributed by atoms with E-state index in [0.717, 1.165) is 0 Å². The largest absolute Gasteiger partial charge is 0.465 e. The van der Waals surface area contributed by atoms with Gasteiger partial charge in [0.05, 0.1) is 11.6 Å². The molecule has 4 N–H and O–H groups in total. The van der Waals surface area contributed by atoms with Crippen molar-refractivity contribution in [2.24, 2.45) is 0 Å². The van der Waals surface area contributed by atoms with Gasteiger partial charge >= 0.3 is 6.09 Å². The molecule has 0 saturated heterocycles. The summed E-state index contributed by atoms with van der Waals surface area (Å²) in [7, 11) is 0. The van der Waals surface area contributed by atoms with Gasteiger partial charge in [0.1, 0.15) is 0 Å². The molecule has 1 amide bonds. The molecule has 0 aromatic heterocycles. The molecule has 0 radical (unpaired) electrons. The van der Waals surface area contributed by atoms with Crippen LogP contribution in [0, 0.1) is 0 Å². The molecule has 5 heteroatoms. The molecule has 0 bridgehead atoms. The van der Waals surface area contributed by atoms with Gasteiger partial charge in [0.15, 0.2) is 0 Å². The van der Waals surface area contributed by atoms with Crippen molar-refractivity contribution in [1.82, 2.24) is 5.32 Å². The van der Waals surface area contributed by atoms with Gasteiger partial charge in [-0.15, -0.1) is 0 Å². The van der Waals surface area contributed by atoms with Gasteiger partial charge in [-0.1, -0.05) is 0 Å². The summed E-state index contributed by atoms with van der Waals surface area (Å²) in [5, 5.41) is 28.7. The molecule has 12 heavy (non-hydrogen) atoms. The van der Waals surface area contributed by atoms with Crippen molar-refractivity contribution in [1.29, 1.82) is 0 Å². The average Bonchev–Trinajstić information content (AvgIpc) is 2.68. The number of aliphatic hydroxyl groups excluding tert-OH is 1. The van der Waals surface area contributed by atoms with E-state index in [-0.39, 0.29) is 13.0 Å². The molecule has 0 aromatic carbocycles. The fraction of sp³-hybridized carbons (Fsp3) is 0.857. The van der Waals surface area contributed by atoms with Crippen LogP contribution in [0.5, 0.6) is 0 Å². The van der Waals surface area contributed by atoms with Gasteiger partial charge in [0.25, 0.3) is 0 Å². The summed E-state index contributed by atoms with van der Waals surface area (Å²) in [5.74, 6) is 0. The Kier molecular flexibility index (Phi) is 2.54. The third-order valence-corrected chi connectivity index (χ3v) is 2.13. The minimum atomic E-state index is -1.16. The van der Waals surface area contributed by atoms with Gasteiger partial charge in [-0.05, 0) is 19.3 Å². The van der Waals surface area contributed by atoms with E-state index >= 15 is 0 Å². The molecule has 1 aliphatic carbocycles. The van der Waals surface area contributed by atoms with E-state index in [9.17, 15) is 9.90 Å². The van der Waals surface area contributed by atoms with Crippen LogP contribution in [0.15, 0.2) is 0 Å². The van der Waals surface area contributed by atoms with E-state index in [1.807, 2.05) is 0 Å². The average molecular weight is 175 g/mol. The smallest absolute Gasteiger partial charge is 0.404 e. The highest BCUT2D eigenvalue weighted by molar-refractivity contribution is 5.65. The summed E-state index contributed by atoms with van der Waals surface area (Å²) < 4.78 is 0. The second kappa shape index (κ2) is 3.28. The van der Waals surface area contributed by atoms with E-state index in [4.69, 9.17) is 10.2 Å². The lowest BCUT2D eigenvalue weighted by Gasteiger charge is -2.21. The summed E-state index contributed by atoms with van der Waals surface area (Å²) in [4.78, 5) is 10.3. The Morgan fingerprint density at radius 2 is 2.17 bits per heavy atom. The Bertz CT molecular complexity index is 178. The van der Waals surface area contributed by atoms with Gasteiger partial charge in [-0.25, -0.2) is 4.79 Å². The summed E-state index contributed by atoms with van der Waals surface area (Å²) in [5.41, 5.74) is -0.902. The predicted molar refractivity (Wildman–Crippen MR) is 40.8 cm³/mol. The number of hydrogen-bond acceptors (Lipinski definition) is 3. The zero-order chi connectivity index (χ0) is 9.19. The molecule has 0 spiro atoms. The molecule has 1 aliphatic rings. The lowest BCUT2D eigenvalue weighted by Crippen LogP contribution is -2.44. The molecule has 5 nitrogen and oxygen atoms in total. The van der Waals surface area contributed by atoms with Crippen LogP contribution in [-0.2, 0) is 0 Å². The maximum atomic E-state index is 10.3. The number of carbonyl (C=O) groups is 1. The molecular formula is C7H13NO4. The van der Waals surface area contributed by atoms with Crippen molar-refractivity contribution in [3.8, 4) is 0 Å². The molecule has 1 fully saturated rings. The topological polar surface area (TPSA) is 89.8 Å². The van der Waals surface area contributed by atoms with Crippen molar-refractivity contribution < 1.29 is 20.1 Å². The highest BCUT2D eigenvalue weighted by Gasteiger charge is 2.48. The Morgan fingerprint density at radius 3 is 2.50 bits per heavy atom. The van der Waals surface area contributed by atoms with Gasteiger partial charge in [0, 0.05) is 6.61 Å². The second-order valence-electron chi connectivity index (χ2n) is 3.12. The van der Waals surface area contributed by atoms with Gasteiger partial charge in [-0.3, -0.25) is 0 Å². The first-order valence-corrected chi connectivity index (χ1v) is 3.91. The molecular weight excluding hydrogens is 162 g/mol. The first kappa shape index (κ1) is 9.28. The molecule has 1 atom stereocenters. The maximum Gasteiger partial charge on any atom is 0.404 e. The van der Waals surface area contributed by atoms with Crippen LogP contribution in [0.25, 0.3) is 0 Å². The lowest BCUT2D eigenvalue weighted by atomic mass is 10.1. The second-order valence-corrected chi connectivity index (χ2v) is 3.12. The molecule has 0 heterocycles. The number of nitrogens with one attached hydrogen (secondary N) is 1. The maximum absolute atomic E-state index is 10.3. The summed E-state index contributed by atoms with van der Waals surface area (Å²) in [6.45, 7) is -0.118. The first-order chi connectivity index (χ1) is 5.58. The first-order valence-electron chi connectivity index (χ1n) is 3.91. The quantitative estimate of drug-likeness (QED) is 0.465. The SMILES string of the molecule is O=C(O)N[C@H](CCO)C1(O)CC1. The molecule has 1 rings (SSSR count). The summed E-state index contributed by atoms with van der Waals surface area (Å²) in [6, 6.07) is -0.528. The van der Waals surface area contributed by atoms with Crippen LogP contribution < -0.4 is 5.32 Å². The lowest BCUT2D eigenvalue weighted by molar-refractivity contribution is 0.0847. The molecule has 0 aliphatic heterocycles. The molecule has 1 saturated carbocycles. The monoisotopic (exact) mass is 175 g/mol. The number of carboxylic acid groups (broad SMARTS) is 1. The van der Waals surface area contributed by atoms with Crippen LogP contribution >= 0.6 is 0 Å². The minimum Gasteiger partial charge on any atom is -0.465 e. The number of hydrogen-bond donors (Lipinski definition) is 4. The standard InChI is InChI=1S/C7H13NO4/c9-4-1-5(8-6(10)11)7(12)2-3-7/h5,8-9,12H,1-4H2,(H,10,11)/t5-/m1/s1. The van der Waals surface area contributed by atoms with E-state index in [1.165, 1.54) is 0 Å². The van der Waals surface area contributed by atoms with Crippen molar-refractivity contribution >= 4 is 6.09 Å². The number of amides is 1. The molecule has 0 unspecified atom stereocenters. The van der Waals surface area contributed by atoms with E-state index in [2.05, 4.69) is 5.32 Å². The summed E-state index contributed by atoms with van der Waals surface area (Å²) in [6.07, 6.45) is 0.326. The van der Waals surface area contributed by atoms with E-state index < -0.39 is 17.7 Å². The van der Waals surface area contributed by atoms with Crippen LogP contribution in [0.4, 0.5) is 4.79 Å². The third kappa shape index (κ3) is 2.09. The van der Waals surface area contributed by atoms with Crippen LogP contribution in [0.1, 0.15) is 19.3 Å². The molecule has 70 valence electrons. The Balaban J connectivity index is 2.43. The van der Waals surface area contributed by atoms with Gasteiger partial charge in [0.2, 0.25) is 0 Å². The highest BCUT2D eigenvalue weighted by Crippen LogP contribution is 2.39. The van der Waals surface area contributed by atoms with E-state index in [1.54, 1.807) is 0 Å². The fourth-order valence-corrected chi connectivity index (χ4v) is 1.23. The number of aliphatic hydroxyl groups is 2. The van der Waals surface area contributed by atoms with Crippen LogP contribution in [-0.4, -0.2) is 39.7 Å². The van der Waals surface area contributed by atoms with Crippen molar-refractivity contribution in [3.63, 3.8) is 0 Å².